The summed E-state index contributed by atoms with van der Waals surface area (Å²) in [5.41, 5.74) is 1.94. The van der Waals surface area contributed by atoms with E-state index in [4.69, 9.17) is 4.42 Å². The first kappa shape index (κ1) is 18.8. The molecule has 27 heavy (non-hydrogen) atoms. The lowest BCUT2D eigenvalue weighted by Gasteiger charge is -2.10. The fourth-order valence-corrected chi connectivity index (χ4v) is 2.55. The Labute approximate surface area is 158 Å². The van der Waals surface area contributed by atoms with Crippen LogP contribution in [-0.4, -0.2) is 38.2 Å². The Hall–Kier alpha value is -3.03. The average Bonchev–Trinajstić information content (AvgIpc) is 3.16. The largest absolute Gasteiger partial charge is 0.421 e. The van der Waals surface area contributed by atoms with Gasteiger partial charge in [-0.05, 0) is 37.0 Å². The number of hydrogen-bond donors (Lipinski definition) is 2. The first-order valence-electron chi connectivity index (χ1n) is 9.36. The normalized spacial score (nSPS) is 10.7. The van der Waals surface area contributed by atoms with Crippen LogP contribution in [0.4, 0.5) is 11.8 Å². The van der Waals surface area contributed by atoms with Gasteiger partial charge >= 0.3 is 0 Å². The third-order valence-corrected chi connectivity index (χ3v) is 3.94. The van der Waals surface area contributed by atoms with Crippen molar-refractivity contribution in [3.8, 4) is 11.5 Å². The van der Waals surface area contributed by atoms with Crippen LogP contribution in [0.15, 0.2) is 35.1 Å². The summed E-state index contributed by atoms with van der Waals surface area (Å²) in [4.78, 5) is 13.0. The van der Waals surface area contributed by atoms with Gasteiger partial charge < -0.3 is 15.1 Å². The molecule has 3 rings (SSSR count). The van der Waals surface area contributed by atoms with E-state index < -0.39 is 0 Å². The van der Waals surface area contributed by atoms with Gasteiger partial charge in [0.05, 0.1) is 5.56 Å². The van der Waals surface area contributed by atoms with E-state index in [1.54, 1.807) is 18.6 Å². The van der Waals surface area contributed by atoms with Crippen LogP contribution in [0.5, 0.6) is 0 Å². The predicted octanol–water partition coefficient (Wildman–Crippen LogP) is 3.35. The number of pyridine rings is 1. The summed E-state index contributed by atoms with van der Waals surface area (Å²) in [6, 6.07) is 4.01. The quantitative estimate of drug-likeness (QED) is 0.562. The topological polar surface area (TPSA) is 102 Å². The average molecular weight is 367 g/mol. The van der Waals surface area contributed by atoms with E-state index in [1.165, 1.54) is 5.56 Å². The zero-order chi connectivity index (χ0) is 18.9. The summed E-state index contributed by atoms with van der Waals surface area (Å²) in [6.45, 7) is 5.72. The minimum absolute atomic E-state index is 0.445. The highest BCUT2D eigenvalue weighted by Crippen LogP contribution is 2.26. The van der Waals surface area contributed by atoms with Crippen molar-refractivity contribution in [2.75, 3.05) is 23.7 Å². The second-order valence-corrected chi connectivity index (χ2v) is 6.17. The number of nitrogens with one attached hydrogen (secondary N) is 2. The second-order valence-electron chi connectivity index (χ2n) is 6.17. The lowest BCUT2D eigenvalue weighted by Crippen LogP contribution is -2.11. The van der Waals surface area contributed by atoms with Crippen LogP contribution in [0.1, 0.15) is 38.1 Å². The van der Waals surface area contributed by atoms with Gasteiger partial charge in [0, 0.05) is 38.1 Å². The van der Waals surface area contributed by atoms with Crippen molar-refractivity contribution in [2.24, 2.45) is 0 Å². The molecule has 0 aliphatic heterocycles. The minimum atomic E-state index is 0.445. The number of nitrogens with zero attached hydrogens (tertiary/aromatic N) is 5. The second kappa shape index (κ2) is 9.61. The monoisotopic (exact) mass is 367 g/mol. The van der Waals surface area contributed by atoms with Crippen LogP contribution in [0, 0.1) is 0 Å². The van der Waals surface area contributed by atoms with E-state index in [1.807, 2.05) is 12.1 Å². The summed E-state index contributed by atoms with van der Waals surface area (Å²) >= 11 is 0. The molecule has 3 heterocycles. The van der Waals surface area contributed by atoms with E-state index in [0.717, 1.165) is 44.3 Å². The number of rotatable bonds is 10. The maximum Gasteiger partial charge on any atom is 0.253 e. The van der Waals surface area contributed by atoms with Crippen LogP contribution >= 0.6 is 0 Å². The number of hydrogen-bond acceptors (Lipinski definition) is 8. The third kappa shape index (κ3) is 5.22. The molecule has 8 nitrogen and oxygen atoms in total. The molecule has 0 saturated carbocycles. The van der Waals surface area contributed by atoms with Gasteiger partial charge in [0.2, 0.25) is 11.8 Å². The zero-order valence-corrected chi connectivity index (χ0v) is 15.8. The molecule has 0 aliphatic carbocycles. The van der Waals surface area contributed by atoms with E-state index in [9.17, 15) is 0 Å². The predicted molar refractivity (Wildman–Crippen MR) is 105 cm³/mol. The molecule has 142 valence electrons. The van der Waals surface area contributed by atoms with Gasteiger partial charge in [-0.15, -0.1) is 10.2 Å². The van der Waals surface area contributed by atoms with Crippen LogP contribution < -0.4 is 10.6 Å². The summed E-state index contributed by atoms with van der Waals surface area (Å²) in [7, 11) is 0. The highest BCUT2D eigenvalue weighted by molar-refractivity contribution is 5.69. The Bertz CT molecular complexity index is 835. The van der Waals surface area contributed by atoms with E-state index in [0.29, 0.717) is 23.5 Å². The van der Waals surface area contributed by atoms with Crippen molar-refractivity contribution >= 4 is 11.8 Å². The Morgan fingerprint density at radius 1 is 0.963 bits per heavy atom. The Balaban J connectivity index is 1.72. The fraction of sp³-hybridized carbons (Fsp3) is 0.421. The summed E-state index contributed by atoms with van der Waals surface area (Å²) in [5.74, 6) is 2.35. The summed E-state index contributed by atoms with van der Waals surface area (Å²) in [6.07, 6.45) is 8.90. The Morgan fingerprint density at radius 3 is 2.59 bits per heavy atom. The van der Waals surface area contributed by atoms with Crippen molar-refractivity contribution < 1.29 is 4.42 Å². The van der Waals surface area contributed by atoms with Gasteiger partial charge in [0.25, 0.3) is 5.89 Å². The molecule has 0 radical (unpaired) electrons. The minimum Gasteiger partial charge on any atom is -0.421 e. The van der Waals surface area contributed by atoms with Gasteiger partial charge in [0.1, 0.15) is 5.82 Å². The maximum atomic E-state index is 5.74. The Morgan fingerprint density at radius 2 is 1.81 bits per heavy atom. The van der Waals surface area contributed by atoms with Gasteiger partial charge in [-0.2, -0.15) is 4.98 Å². The van der Waals surface area contributed by atoms with Crippen molar-refractivity contribution in [1.29, 1.82) is 0 Å². The van der Waals surface area contributed by atoms with Crippen molar-refractivity contribution in [2.45, 2.75) is 39.5 Å². The molecule has 0 saturated heterocycles. The number of aromatic nitrogens is 5. The Kier molecular flexibility index (Phi) is 6.67. The molecular formula is C19H25N7O. The van der Waals surface area contributed by atoms with Gasteiger partial charge in [-0.1, -0.05) is 13.8 Å². The third-order valence-electron chi connectivity index (χ3n) is 3.94. The molecule has 3 aromatic rings. The molecule has 0 fully saturated rings. The maximum absolute atomic E-state index is 5.74. The van der Waals surface area contributed by atoms with Crippen molar-refractivity contribution in [1.82, 2.24) is 25.1 Å². The summed E-state index contributed by atoms with van der Waals surface area (Å²) in [5, 5.41) is 14.8. The number of aryl methyl sites for hydroxylation is 1. The molecule has 0 aromatic carbocycles. The highest BCUT2D eigenvalue weighted by Gasteiger charge is 2.15. The molecule has 0 unspecified atom stereocenters. The first-order chi connectivity index (χ1) is 13.3. The molecule has 3 aromatic heterocycles. The molecule has 0 amide bonds. The van der Waals surface area contributed by atoms with E-state index in [-0.39, 0.29) is 0 Å². The van der Waals surface area contributed by atoms with Crippen LogP contribution in [0.2, 0.25) is 0 Å². The van der Waals surface area contributed by atoms with E-state index >= 15 is 0 Å². The van der Waals surface area contributed by atoms with Gasteiger partial charge in [0.15, 0.2) is 0 Å². The molecule has 2 N–H and O–H groups in total. The van der Waals surface area contributed by atoms with E-state index in [2.05, 4.69) is 49.6 Å². The summed E-state index contributed by atoms with van der Waals surface area (Å²) < 4.78 is 5.74. The SMILES string of the molecule is CCCNc1nc(NCCc2ccncc2)ncc1-c1nnc(CCC)o1. The first-order valence-corrected chi connectivity index (χ1v) is 9.36. The highest BCUT2D eigenvalue weighted by atomic mass is 16.4. The van der Waals surface area contributed by atoms with Crippen LogP contribution in [-0.2, 0) is 12.8 Å². The number of anilines is 2. The zero-order valence-electron chi connectivity index (χ0n) is 15.8. The van der Waals surface area contributed by atoms with Crippen molar-refractivity contribution in [3.63, 3.8) is 0 Å². The molecule has 8 heteroatoms. The molecule has 0 atom stereocenters. The lowest BCUT2D eigenvalue weighted by atomic mass is 10.2. The van der Waals surface area contributed by atoms with Crippen molar-refractivity contribution in [3.05, 3.63) is 42.2 Å². The smallest absolute Gasteiger partial charge is 0.253 e. The van der Waals surface area contributed by atoms with Gasteiger partial charge in [-0.3, -0.25) is 4.98 Å². The molecule has 0 spiro atoms. The molecule has 0 aliphatic rings. The van der Waals surface area contributed by atoms with Gasteiger partial charge in [-0.25, -0.2) is 4.98 Å². The lowest BCUT2D eigenvalue weighted by molar-refractivity contribution is 0.502. The van der Waals surface area contributed by atoms with Crippen LogP contribution in [0.3, 0.4) is 0 Å². The van der Waals surface area contributed by atoms with Crippen LogP contribution in [0.25, 0.3) is 11.5 Å². The standard InChI is InChI=1S/C19H25N7O/c1-3-5-16-25-26-18(27-16)15-13-23-19(24-17(15)21-9-4-2)22-12-8-14-6-10-20-11-7-14/h6-7,10-11,13H,3-5,8-9,12H2,1-2H3,(H2,21,22,23,24). The molecular weight excluding hydrogens is 342 g/mol. The fourth-order valence-electron chi connectivity index (χ4n) is 2.55. The molecule has 0 bridgehead atoms.